The Bertz CT molecular complexity index is 142. The zero-order chi connectivity index (χ0) is 6.41. The summed E-state index contributed by atoms with van der Waals surface area (Å²) in [5, 5.41) is 15.8. The summed E-state index contributed by atoms with van der Waals surface area (Å²) < 4.78 is 0. The Kier molecular flexibility index (Phi) is 3.18. The molecule has 0 amide bonds. The van der Waals surface area contributed by atoms with Crippen LogP contribution in [-0.4, -0.2) is 5.78 Å². The number of rotatable bonds is 2. The molecule has 0 saturated heterocycles. The van der Waals surface area contributed by atoms with Gasteiger partial charge in [-0.3, -0.25) is 4.79 Å². The van der Waals surface area contributed by atoms with Gasteiger partial charge in [0.15, 0.2) is 5.78 Å². The molecule has 0 aromatic rings. The monoisotopic (exact) mass is 108 g/mol. The van der Waals surface area contributed by atoms with Crippen LogP contribution in [0.5, 0.6) is 0 Å². The van der Waals surface area contributed by atoms with E-state index in [2.05, 4.69) is 0 Å². The number of ketones is 1. The van der Waals surface area contributed by atoms with Gasteiger partial charge in [0.05, 0.1) is 25.0 Å². The lowest BCUT2D eigenvalue weighted by Crippen LogP contribution is -1.91. The second-order valence-corrected chi connectivity index (χ2v) is 1.21. The second kappa shape index (κ2) is 3.83. The number of nitrogens with zero attached hydrogens (tertiary/aromatic N) is 2. The smallest absolute Gasteiger partial charge is 0.160 e. The zero-order valence-electron chi connectivity index (χ0n) is 4.22. The van der Waals surface area contributed by atoms with E-state index in [1.807, 2.05) is 0 Å². The van der Waals surface area contributed by atoms with E-state index in [9.17, 15) is 4.79 Å². The van der Waals surface area contributed by atoms with E-state index in [1.165, 1.54) is 0 Å². The molecule has 0 saturated carbocycles. The number of carbonyl (C=O) groups excluding carboxylic acids is 1. The van der Waals surface area contributed by atoms with Gasteiger partial charge >= 0.3 is 0 Å². The molecule has 0 aliphatic rings. The lowest BCUT2D eigenvalue weighted by molar-refractivity contribution is -0.117. The van der Waals surface area contributed by atoms with Gasteiger partial charge in [-0.15, -0.1) is 0 Å². The average molecular weight is 108 g/mol. The zero-order valence-corrected chi connectivity index (χ0v) is 4.22. The summed E-state index contributed by atoms with van der Waals surface area (Å²) in [5.41, 5.74) is 0. The molecule has 0 aliphatic carbocycles. The third-order valence-electron chi connectivity index (χ3n) is 0.552. The molecule has 0 unspecified atom stereocenters. The molecule has 8 heavy (non-hydrogen) atoms. The number of Topliss-reactive ketones (excluding diaryl/α,β-unsaturated/α-hetero) is 1. The predicted octanol–water partition coefficient (Wildman–Crippen LogP) is 0.383. The Hall–Kier alpha value is -1.35. The van der Waals surface area contributed by atoms with Crippen LogP contribution < -0.4 is 0 Å². The Morgan fingerprint density at radius 3 is 1.88 bits per heavy atom. The minimum atomic E-state index is -0.310. The van der Waals surface area contributed by atoms with Crippen molar-refractivity contribution in [1.29, 1.82) is 10.5 Å². The van der Waals surface area contributed by atoms with Crippen LogP contribution in [0.1, 0.15) is 12.8 Å². The van der Waals surface area contributed by atoms with Gasteiger partial charge in [0, 0.05) is 0 Å². The molecule has 0 spiro atoms. The van der Waals surface area contributed by atoms with Crippen LogP contribution in [0.15, 0.2) is 0 Å². The molecule has 0 atom stereocenters. The first kappa shape index (κ1) is 6.65. The van der Waals surface area contributed by atoms with Gasteiger partial charge in [-0.2, -0.15) is 10.5 Å². The summed E-state index contributed by atoms with van der Waals surface area (Å²) in [5.74, 6) is -0.310. The summed E-state index contributed by atoms with van der Waals surface area (Å²) in [7, 11) is 0. The fourth-order valence-corrected chi connectivity index (χ4v) is 0.239. The van der Waals surface area contributed by atoms with Crippen molar-refractivity contribution in [3.63, 3.8) is 0 Å². The van der Waals surface area contributed by atoms with Gasteiger partial charge in [-0.25, -0.2) is 0 Å². The predicted molar refractivity (Wildman–Crippen MR) is 25.5 cm³/mol. The summed E-state index contributed by atoms with van der Waals surface area (Å²) in [6.07, 6.45) is -0.291. The summed E-state index contributed by atoms with van der Waals surface area (Å²) in [6, 6.07) is 3.30. The van der Waals surface area contributed by atoms with Gasteiger partial charge in [0.1, 0.15) is 0 Å². The Morgan fingerprint density at radius 2 is 1.62 bits per heavy atom. The minimum absolute atomic E-state index is 0.145. The number of nitriles is 2. The van der Waals surface area contributed by atoms with E-state index in [1.54, 1.807) is 12.1 Å². The molecule has 0 bridgehead atoms. The maximum absolute atomic E-state index is 10.2. The lowest BCUT2D eigenvalue weighted by atomic mass is 10.2. The van der Waals surface area contributed by atoms with E-state index < -0.39 is 0 Å². The number of hydrogen-bond donors (Lipinski definition) is 0. The van der Waals surface area contributed by atoms with Crippen molar-refractivity contribution in [3.05, 3.63) is 0 Å². The first-order valence-corrected chi connectivity index (χ1v) is 2.07. The van der Waals surface area contributed by atoms with Crippen molar-refractivity contribution in [2.75, 3.05) is 0 Å². The van der Waals surface area contributed by atoms with Crippen molar-refractivity contribution < 1.29 is 4.79 Å². The summed E-state index contributed by atoms with van der Waals surface area (Å²) in [4.78, 5) is 10.2. The Labute approximate surface area is 47.1 Å². The summed E-state index contributed by atoms with van der Waals surface area (Å²) in [6.45, 7) is 0. The fourth-order valence-electron chi connectivity index (χ4n) is 0.239. The molecule has 0 heterocycles. The van der Waals surface area contributed by atoms with Crippen LogP contribution in [0.3, 0.4) is 0 Å². The number of hydrogen-bond acceptors (Lipinski definition) is 3. The van der Waals surface area contributed by atoms with Crippen LogP contribution in [-0.2, 0) is 4.79 Å². The van der Waals surface area contributed by atoms with E-state index >= 15 is 0 Å². The van der Waals surface area contributed by atoms with E-state index in [4.69, 9.17) is 10.5 Å². The minimum Gasteiger partial charge on any atom is -0.297 e. The van der Waals surface area contributed by atoms with Crippen molar-refractivity contribution >= 4 is 5.78 Å². The third kappa shape index (κ3) is 2.87. The van der Waals surface area contributed by atoms with Gasteiger partial charge in [0.25, 0.3) is 0 Å². The number of carbonyl (C=O) groups is 1. The second-order valence-electron chi connectivity index (χ2n) is 1.21. The molecule has 3 heteroatoms. The summed E-state index contributed by atoms with van der Waals surface area (Å²) >= 11 is 0. The molecular formula is C5H4N2O. The molecule has 0 fully saturated rings. The highest BCUT2D eigenvalue weighted by atomic mass is 16.1. The van der Waals surface area contributed by atoms with E-state index in [-0.39, 0.29) is 18.6 Å². The molecule has 0 radical (unpaired) electrons. The molecule has 0 rings (SSSR count). The first-order valence-electron chi connectivity index (χ1n) is 2.07. The van der Waals surface area contributed by atoms with Gasteiger partial charge in [0.2, 0.25) is 0 Å². The van der Waals surface area contributed by atoms with Crippen molar-refractivity contribution in [3.8, 4) is 12.1 Å². The van der Waals surface area contributed by atoms with E-state index in [0.29, 0.717) is 0 Å². The third-order valence-corrected chi connectivity index (χ3v) is 0.552. The SMILES string of the molecule is N#CCC(=O)CC#N. The van der Waals surface area contributed by atoms with E-state index in [0.717, 1.165) is 0 Å². The quantitative estimate of drug-likeness (QED) is 0.513. The van der Waals surface area contributed by atoms with Crippen LogP contribution in [0.2, 0.25) is 0 Å². The average Bonchev–Trinajstić information content (AvgIpc) is 1.68. The van der Waals surface area contributed by atoms with Gasteiger partial charge < -0.3 is 0 Å². The molecule has 40 valence electrons. The van der Waals surface area contributed by atoms with Crippen molar-refractivity contribution in [2.45, 2.75) is 12.8 Å². The Morgan fingerprint density at radius 1 is 1.25 bits per heavy atom. The van der Waals surface area contributed by atoms with Crippen LogP contribution >= 0.6 is 0 Å². The van der Waals surface area contributed by atoms with Crippen molar-refractivity contribution in [1.82, 2.24) is 0 Å². The highest BCUT2D eigenvalue weighted by Gasteiger charge is 1.95. The highest BCUT2D eigenvalue weighted by Crippen LogP contribution is 1.83. The highest BCUT2D eigenvalue weighted by molar-refractivity contribution is 5.82. The molecule has 0 aromatic carbocycles. The van der Waals surface area contributed by atoms with Crippen LogP contribution in [0, 0.1) is 22.7 Å². The molecule has 0 N–H and O–H groups in total. The lowest BCUT2D eigenvalue weighted by Gasteiger charge is -1.77. The molecular weight excluding hydrogens is 104 g/mol. The molecule has 0 aliphatic heterocycles. The first-order chi connectivity index (χ1) is 3.81. The van der Waals surface area contributed by atoms with Crippen LogP contribution in [0.4, 0.5) is 0 Å². The topological polar surface area (TPSA) is 64.7 Å². The maximum Gasteiger partial charge on any atom is 0.160 e. The Balaban J connectivity index is 3.41. The largest absolute Gasteiger partial charge is 0.297 e. The normalized spacial score (nSPS) is 6.75. The van der Waals surface area contributed by atoms with Gasteiger partial charge in [-0.1, -0.05) is 0 Å². The fraction of sp³-hybridized carbons (Fsp3) is 0.400. The maximum atomic E-state index is 10.2. The standard InChI is InChI=1S/C5H4N2O/c6-3-1-5(8)2-4-7/h1-2H2. The van der Waals surface area contributed by atoms with Crippen LogP contribution in [0.25, 0.3) is 0 Å². The van der Waals surface area contributed by atoms with Gasteiger partial charge in [-0.05, 0) is 0 Å². The molecule has 0 aromatic heterocycles. The molecule has 3 nitrogen and oxygen atoms in total. The van der Waals surface area contributed by atoms with Crippen molar-refractivity contribution in [2.24, 2.45) is 0 Å².